The van der Waals surface area contributed by atoms with E-state index >= 15 is 0 Å². The highest BCUT2D eigenvalue weighted by atomic mass is 16.1. The summed E-state index contributed by atoms with van der Waals surface area (Å²) in [7, 11) is 0. The van der Waals surface area contributed by atoms with Gasteiger partial charge in [-0.1, -0.05) is 12.8 Å². The lowest BCUT2D eigenvalue weighted by Crippen LogP contribution is -2.11. The minimum absolute atomic E-state index is 0.349. The zero-order valence-electron chi connectivity index (χ0n) is 10.9. The Labute approximate surface area is 103 Å². The second-order valence-electron chi connectivity index (χ2n) is 5.33. The van der Waals surface area contributed by atoms with E-state index in [-0.39, 0.29) is 0 Å². The predicted molar refractivity (Wildman–Crippen MR) is 67.9 cm³/mol. The molecule has 1 aromatic heterocycles. The van der Waals surface area contributed by atoms with E-state index < -0.39 is 0 Å². The van der Waals surface area contributed by atoms with Crippen molar-refractivity contribution in [2.75, 3.05) is 0 Å². The molecule has 0 unspecified atom stereocenters. The molecule has 0 spiro atoms. The van der Waals surface area contributed by atoms with Crippen LogP contribution in [-0.2, 0) is 11.2 Å². The Hall–Kier alpha value is -1.12. The van der Waals surface area contributed by atoms with Crippen LogP contribution in [0.5, 0.6) is 0 Å². The largest absolute Gasteiger partial charge is 0.299 e. The standard InChI is InChI=1S/C14H22N2O/c1-11(2)16-10-9-13(15-16)7-8-14(17)12-5-3-4-6-12/h9-12H,3-8H2,1-2H3. The molecule has 3 heteroatoms. The molecule has 1 aliphatic rings. The molecule has 1 saturated carbocycles. The molecule has 17 heavy (non-hydrogen) atoms. The lowest BCUT2D eigenvalue weighted by atomic mass is 9.98. The summed E-state index contributed by atoms with van der Waals surface area (Å²) in [5.74, 6) is 0.795. The van der Waals surface area contributed by atoms with Crippen LogP contribution in [0, 0.1) is 5.92 Å². The van der Waals surface area contributed by atoms with E-state index in [0.29, 0.717) is 24.2 Å². The van der Waals surface area contributed by atoms with Gasteiger partial charge in [0, 0.05) is 24.6 Å². The summed E-state index contributed by atoms with van der Waals surface area (Å²) < 4.78 is 1.95. The van der Waals surface area contributed by atoms with E-state index in [2.05, 4.69) is 18.9 Å². The van der Waals surface area contributed by atoms with Crippen molar-refractivity contribution >= 4 is 5.78 Å². The average molecular weight is 234 g/mol. The highest BCUT2D eigenvalue weighted by Gasteiger charge is 2.22. The summed E-state index contributed by atoms with van der Waals surface area (Å²) in [6.45, 7) is 4.22. The monoisotopic (exact) mass is 234 g/mol. The third-order valence-corrected chi connectivity index (χ3v) is 3.63. The zero-order chi connectivity index (χ0) is 12.3. The van der Waals surface area contributed by atoms with Crippen molar-refractivity contribution in [2.24, 2.45) is 5.92 Å². The number of carbonyl (C=O) groups is 1. The third kappa shape index (κ3) is 3.18. The Morgan fingerprint density at radius 1 is 1.47 bits per heavy atom. The number of Topliss-reactive ketones (excluding diaryl/α,β-unsaturated/α-hetero) is 1. The fraction of sp³-hybridized carbons (Fsp3) is 0.714. The molecule has 1 aromatic rings. The first-order valence-electron chi connectivity index (χ1n) is 6.73. The van der Waals surface area contributed by atoms with Crippen LogP contribution in [0.4, 0.5) is 0 Å². The lowest BCUT2D eigenvalue weighted by molar-refractivity contribution is -0.122. The van der Waals surface area contributed by atoms with Crippen molar-refractivity contribution in [3.8, 4) is 0 Å². The second kappa shape index (κ2) is 5.48. The molecular formula is C14H22N2O. The zero-order valence-corrected chi connectivity index (χ0v) is 10.9. The Balaban J connectivity index is 1.82. The van der Waals surface area contributed by atoms with Crippen LogP contribution in [0.2, 0.25) is 0 Å². The molecule has 0 aliphatic heterocycles. The molecule has 0 radical (unpaired) electrons. The maximum absolute atomic E-state index is 11.9. The number of rotatable bonds is 5. The van der Waals surface area contributed by atoms with Gasteiger partial charge in [0.15, 0.2) is 0 Å². The van der Waals surface area contributed by atoms with Gasteiger partial charge >= 0.3 is 0 Å². The minimum atomic E-state index is 0.349. The predicted octanol–water partition coefficient (Wildman–Crippen LogP) is 3.16. The molecule has 1 aliphatic carbocycles. The van der Waals surface area contributed by atoms with Crippen molar-refractivity contribution in [1.29, 1.82) is 0 Å². The molecule has 0 bridgehead atoms. The summed E-state index contributed by atoms with van der Waals surface area (Å²) in [6.07, 6.45) is 8.16. The number of hydrogen-bond acceptors (Lipinski definition) is 2. The number of hydrogen-bond donors (Lipinski definition) is 0. The number of carbonyl (C=O) groups excluding carboxylic acids is 1. The number of aromatic nitrogens is 2. The van der Waals surface area contributed by atoms with Crippen molar-refractivity contribution in [3.05, 3.63) is 18.0 Å². The summed E-state index contributed by atoms with van der Waals surface area (Å²) >= 11 is 0. The maximum Gasteiger partial charge on any atom is 0.136 e. The molecule has 0 amide bonds. The van der Waals surface area contributed by atoms with Crippen molar-refractivity contribution in [3.63, 3.8) is 0 Å². The fourth-order valence-electron chi connectivity index (χ4n) is 2.50. The Morgan fingerprint density at radius 3 is 2.76 bits per heavy atom. The van der Waals surface area contributed by atoms with Gasteiger partial charge in [0.1, 0.15) is 5.78 Å². The normalized spacial score (nSPS) is 16.9. The topological polar surface area (TPSA) is 34.9 Å². The smallest absolute Gasteiger partial charge is 0.136 e. The molecule has 1 heterocycles. The van der Waals surface area contributed by atoms with Gasteiger partial charge in [-0.25, -0.2) is 0 Å². The molecule has 2 rings (SSSR count). The second-order valence-corrected chi connectivity index (χ2v) is 5.33. The molecule has 0 atom stereocenters. The van der Waals surface area contributed by atoms with Crippen LogP contribution >= 0.6 is 0 Å². The van der Waals surface area contributed by atoms with Crippen LogP contribution in [0.1, 0.15) is 57.7 Å². The summed E-state index contributed by atoms with van der Waals surface area (Å²) in [4.78, 5) is 11.9. The van der Waals surface area contributed by atoms with E-state index in [9.17, 15) is 4.79 Å². The Kier molecular flexibility index (Phi) is 3.97. The van der Waals surface area contributed by atoms with Gasteiger partial charge in [-0.3, -0.25) is 9.48 Å². The molecule has 1 fully saturated rings. The van der Waals surface area contributed by atoms with Crippen LogP contribution in [-0.4, -0.2) is 15.6 Å². The van der Waals surface area contributed by atoms with Gasteiger partial charge in [-0.15, -0.1) is 0 Å². The summed E-state index contributed by atoms with van der Waals surface area (Å²) in [5, 5.41) is 4.47. The van der Waals surface area contributed by atoms with Gasteiger partial charge in [0.2, 0.25) is 0 Å². The van der Waals surface area contributed by atoms with E-state index in [1.807, 2.05) is 16.9 Å². The molecule has 0 N–H and O–H groups in total. The summed E-state index contributed by atoms with van der Waals surface area (Å²) in [5.41, 5.74) is 1.05. The van der Waals surface area contributed by atoms with E-state index in [1.165, 1.54) is 12.8 Å². The quantitative estimate of drug-likeness (QED) is 0.784. The maximum atomic E-state index is 11.9. The molecular weight excluding hydrogens is 212 g/mol. The van der Waals surface area contributed by atoms with Crippen LogP contribution < -0.4 is 0 Å². The van der Waals surface area contributed by atoms with Gasteiger partial charge in [-0.05, 0) is 39.2 Å². The van der Waals surface area contributed by atoms with E-state index in [0.717, 1.165) is 25.0 Å². The number of ketones is 1. The first-order valence-corrected chi connectivity index (χ1v) is 6.73. The van der Waals surface area contributed by atoms with Crippen LogP contribution in [0.25, 0.3) is 0 Å². The fourth-order valence-corrected chi connectivity index (χ4v) is 2.50. The average Bonchev–Trinajstić information content (AvgIpc) is 2.97. The minimum Gasteiger partial charge on any atom is -0.299 e. The molecule has 0 saturated heterocycles. The van der Waals surface area contributed by atoms with Gasteiger partial charge in [-0.2, -0.15) is 5.10 Å². The van der Waals surface area contributed by atoms with Crippen LogP contribution in [0.3, 0.4) is 0 Å². The van der Waals surface area contributed by atoms with E-state index in [4.69, 9.17) is 0 Å². The van der Waals surface area contributed by atoms with Gasteiger partial charge in [0.25, 0.3) is 0 Å². The first kappa shape index (κ1) is 12.3. The summed E-state index contributed by atoms with van der Waals surface area (Å²) in [6, 6.07) is 2.43. The SMILES string of the molecule is CC(C)n1ccc(CCC(=O)C2CCCC2)n1. The molecule has 94 valence electrons. The number of aryl methyl sites for hydroxylation is 1. The van der Waals surface area contributed by atoms with Crippen molar-refractivity contribution in [1.82, 2.24) is 9.78 Å². The lowest BCUT2D eigenvalue weighted by Gasteiger charge is -2.06. The molecule has 0 aromatic carbocycles. The van der Waals surface area contributed by atoms with E-state index in [1.54, 1.807) is 0 Å². The van der Waals surface area contributed by atoms with Crippen molar-refractivity contribution < 1.29 is 4.79 Å². The van der Waals surface area contributed by atoms with Crippen LogP contribution in [0.15, 0.2) is 12.3 Å². The van der Waals surface area contributed by atoms with Crippen molar-refractivity contribution in [2.45, 2.75) is 58.4 Å². The van der Waals surface area contributed by atoms with Gasteiger partial charge < -0.3 is 0 Å². The highest BCUT2D eigenvalue weighted by Crippen LogP contribution is 2.26. The molecule has 3 nitrogen and oxygen atoms in total. The van der Waals surface area contributed by atoms with Gasteiger partial charge in [0.05, 0.1) is 5.69 Å². The Bertz CT molecular complexity index is 375. The first-order chi connectivity index (χ1) is 8.16. The highest BCUT2D eigenvalue weighted by molar-refractivity contribution is 5.81. The number of nitrogens with zero attached hydrogens (tertiary/aromatic N) is 2. The Morgan fingerprint density at radius 2 is 2.18 bits per heavy atom. The third-order valence-electron chi connectivity index (χ3n) is 3.63.